The van der Waals surface area contributed by atoms with Crippen LogP contribution >= 0.6 is 0 Å². The monoisotopic (exact) mass is 1520 g/mol. The summed E-state index contributed by atoms with van der Waals surface area (Å²) >= 11 is 0. The first-order chi connectivity index (χ1) is 51.1. The second kappa shape index (κ2) is 49.2. The Hall–Kier alpha value is -9.85. The Labute approximate surface area is 629 Å². The van der Waals surface area contributed by atoms with Gasteiger partial charge in [0.2, 0.25) is 53.2 Å². The van der Waals surface area contributed by atoms with Crippen molar-refractivity contribution in [3.63, 3.8) is 0 Å². The number of carbonyl (C=O) groups excluding carboxylic acids is 11. The summed E-state index contributed by atoms with van der Waals surface area (Å²) < 4.78 is 21.7. The van der Waals surface area contributed by atoms with Crippen LogP contribution in [0.15, 0.2) is 41.7 Å². The fourth-order valence-electron chi connectivity index (χ4n) is 11.6. The molecule has 1 aromatic heterocycles. The van der Waals surface area contributed by atoms with Gasteiger partial charge in [-0.2, -0.15) is 0 Å². The lowest BCUT2D eigenvalue weighted by molar-refractivity contribution is -0.142. The highest BCUT2D eigenvalue weighted by Gasteiger charge is 2.39. The predicted molar refractivity (Wildman–Crippen MR) is 398 cm³/mol. The SMILES string of the molecule is CC(NCCCC[C@H](NC(=O)[C@H](CC(C)C)NC(=O)[C@H](CCCNC(=N)N)NC(=O)[C@H](CC(C)C)NC(=O)[C@H](CCC(=O)O)NC(=O)[C@H](Cc1c[nH]c2ccccc12)NC(=O)[C@H](CC(N)=O)NC(=O)[C@H](CCCNC(=N)N)NC(=O)CCOCCOCCOCCOCCN)C(=O)O)=C1C(=O)CC(C)(C)CC1=O. The maximum absolute atomic E-state index is 14.9. The van der Waals surface area contributed by atoms with Crippen molar-refractivity contribution in [2.24, 2.45) is 40.2 Å². The van der Waals surface area contributed by atoms with E-state index < -0.39 is 144 Å². The van der Waals surface area contributed by atoms with E-state index in [-0.39, 0.29) is 158 Å². The molecule has 24 N–H and O–H groups in total. The van der Waals surface area contributed by atoms with Gasteiger partial charge in [0.1, 0.15) is 48.3 Å². The molecule has 1 fully saturated rings. The number of para-hydroxylation sites is 1. The third kappa shape index (κ3) is 36.6. The predicted octanol–water partition coefficient (Wildman–Crippen LogP) is -1.56. The van der Waals surface area contributed by atoms with Crippen molar-refractivity contribution in [2.45, 2.75) is 200 Å². The van der Waals surface area contributed by atoms with Gasteiger partial charge in [-0.05, 0) is 100 Å². The van der Waals surface area contributed by atoms with Gasteiger partial charge in [0.05, 0.1) is 64.8 Å². The number of rotatable bonds is 55. The molecule has 0 aliphatic heterocycles. The molecule has 0 radical (unpaired) electrons. The van der Waals surface area contributed by atoms with Crippen LogP contribution in [0.1, 0.15) is 150 Å². The zero-order chi connectivity index (χ0) is 80.5. The number of hydrogen-bond acceptors (Lipinski definition) is 21. The number of H-pyrrole nitrogens is 1. The van der Waals surface area contributed by atoms with Gasteiger partial charge in [-0.3, -0.25) is 68.4 Å². The smallest absolute Gasteiger partial charge is 0.326 e. The first kappa shape index (κ1) is 92.4. The third-order valence-electron chi connectivity index (χ3n) is 17.0. The molecule has 8 atom stereocenters. The van der Waals surface area contributed by atoms with Gasteiger partial charge in [-0.25, -0.2) is 4.79 Å². The number of carbonyl (C=O) groups is 13. The highest BCUT2D eigenvalue weighted by Crippen LogP contribution is 2.34. The minimum atomic E-state index is -1.81. The van der Waals surface area contributed by atoms with E-state index in [1.807, 2.05) is 13.8 Å². The molecule has 9 amide bonds. The molecule has 604 valence electrons. The number of nitrogens with one attached hydrogen (secondary N) is 14. The standard InChI is InChI=1S/C71H116N18O19/c1-41(2)34-51(64(99)83-48(18-13-25-80-70(76)77)62(97)86-52(35-42(3)4)65(100)85-50(68(103)104)16-10-11-23-78-43(5)60-55(90)38-71(6,7)39-56(60)91)87-63(98)49(19-20-59(94)95)84-66(101)53(36-44-40-81-46-15-9-8-14-45(44)46)88-67(102)54(37-57(73)92)89-61(96)47(17-12-24-79-69(74)75)82-58(93)21-26-105-28-30-107-32-33-108-31-29-106-27-22-72/h8-9,14-15,40-42,47-54,78,81H,10-13,16-39,72H2,1-7H3,(H2,73,92)(H,82,93)(H,83,99)(H,84,101)(H,85,100)(H,86,97)(H,87,98)(H,88,102)(H,89,96)(H,94,95)(H,103,104)(H4,74,75,79)(H4,76,77,80)/t47-,48-,49-,50-,51-,52-,53-,54-/m0/s1. The van der Waals surface area contributed by atoms with E-state index in [0.29, 0.717) is 61.6 Å². The van der Waals surface area contributed by atoms with Gasteiger partial charge >= 0.3 is 11.9 Å². The van der Waals surface area contributed by atoms with E-state index in [4.69, 9.17) is 52.7 Å². The lowest BCUT2D eigenvalue weighted by Gasteiger charge is -2.29. The van der Waals surface area contributed by atoms with Gasteiger partial charge in [-0.15, -0.1) is 0 Å². The van der Waals surface area contributed by atoms with E-state index in [1.54, 1.807) is 65.1 Å². The van der Waals surface area contributed by atoms with Gasteiger partial charge in [0.25, 0.3) is 0 Å². The summed E-state index contributed by atoms with van der Waals surface area (Å²) in [5.74, 6) is -13.3. The van der Waals surface area contributed by atoms with Crippen LogP contribution in [0.3, 0.4) is 0 Å². The third-order valence-corrected chi connectivity index (χ3v) is 17.0. The molecule has 3 rings (SSSR count). The molecule has 1 heterocycles. The normalized spacial score (nSPS) is 14.9. The number of aliphatic carboxylic acids is 2. The minimum absolute atomic E-state index is 0.00212. The maximum atomic E-state index is 14.9. The summed E-state index contributed by atoms with van der Waals surface area (Å²) in [6.45, 7) is 15.1. The first-order valence-corrected chi connectivity index (χ1v) is 36.5. The molecular formula is C71H116N18O19. The highest BCUT2D eigenvalue weighted by molar-refractivity contribution is 6.22. The molecular weight excluding hydrogens is 1410 g/mol. The van der Waals surface area contributed by atoms with Crippen LogP contribution in [0, 0.1) is 28.1 Å². The molecule has 1 saturated carbocycles. The van der Waals surface area contributed by atoms with Crippen molar-refractivity contribution in [1.82, 2.24) is 63.5 Å². The molecule has 37 nitrogen and oxygen atoms in total. The van der Waals surface area contributed by atoms with Crippen molar-refractivity contribution < 1.29 is 91.5 Å². The van der Waals surface area contributed by atoms with Crippen molar-refractivity contribution in [1.29, 1.82) is 10.8 Å². The second-order valence-electron chi connectivity index (χ2n) is 28.1. The van der Waals surface area contributed by atoms with Crippen LogP contribution in [0.25, 0.3) is 10.9 Å². The lowest BCUT2D eigenvalue weighted by Crippen LogP contribution is -2.61. The molecule has 108 heavy (non-hydrogen) atoms. The fourth-order valence-corrected chi connectivity index (χ4v) is 11.6. The maximum Gasteiger partial charge on any atom is 0.326 e. The second-order valence-corrected chi connectivity index (χ2v) is 28.1. The summed E-state index contributed by atoms with van der Waals surface area (Å²) in [6, 6.07) is -5.46. The molecule has 37 heteroatoms. The number of ketones is 2. The van der Waals surface area contributed by atoms with E-state index in [2.05, 4.69) is 63.5 Å². The number of nitrogens with two attached hydrogens (primary N) is 4. The quantitative estimate of drug-likeness (QED) is 0.0117. The molecule has 1 aliphatic carbocycles. The molecule has 0 saturated heterocycles. The zero-order valence-electron chi connectivity index (χ0n) is 63.1. The van der Waals surface area contributed by atoms with E-state index in [0.717, 1.165) is 0 Å². The number of ether oxygens (including phenoxy) is 4. The number of guanidine groups is 2. The van der Waals surface area contributed by atoms with Crippen molar-refractivity contribution in [3.05, 3.63) is 47.3 Å². The Balaban J connectivity index is 1.90. The Morgan fingerprint density at radius 1 is 0.519 bits per heavy atom. The van der Waals surface area contributed by atoms with Crippen molar-refractivity contribution >= 4 is 99.5 Å². The number of aromatic amines is 1. The Morgan fingerprint density at radius 3 is 1.43 bits per heavy atom. The number of fused-ring (bicyclic) bond motifs is 1. The van der Waals surface area contributed by atoms with Crippen LogP contribution < -0.4 is 81.4 Å². The van der Waals surface area contributed by atoms with Crippen molar-refractivity contribution in [2.75, 3.05) is 79.0 Å². The number of benzene rings is 1. The zero-order valence-corrected chi connectivity index (χ0v) is 63.1. The summed E-state index contributed by atoms with van der Waals surface area (Å²) in [4.78, 5) is 181. The van der Waals surface area contributed by atoms with Gasteiger partial charge < -0.3 is 116 Å². The lowest BCUT2D eigenvalue weighted by atomic mass is 9.73. The minimum Gasteiger partial charge on any atom is -0.481 e. The average Bonchev–Trinajstić information content (AvgIpc) is 1.16. The fraction of sp³-hybridized carbons (Fsp3) is 0.648. The number of primary amides is 1. The number of amides is 9. The molecule has 2 aromatic rings. The molecule has 1 aromatic carbocycles. The number of carboxylic acids is 2. The number of Topliss-reactive ketones (excluding diaryl/α,β-unsaturated/α-hetero) is 2. The summed E-state index contributed by atoms with van der Waals surface area (Å²) in [7, 11) is 0. The Morgan fingerprint density at radius 2 is 0.935 bits per heavy atom. The summed E-state index contributed by atoms with van der Waals surface area (Å²) in [5.41, 5.74) is 23.2. The number of hydrogen-bond donors (Lipinski definition) is 20. The largest absolute Gasteiger partial charge is 0.481 e. The molecule has 0 bridgehead atoms. The summed E-state index contributed by atoms with van der Waals surface area (Å²) in [5, 5.41) is 64.9. The van der Waals surface area contributed by atoms with Crippen molar-refractivity contribution in [3.8, 4) is 0 Å². The number of carboxylic acid groups (broad SMARTS) is 2. The molecule has 1 aliphatic rings. The average molecular weight is 1530 g/mol. The van der Waals surface area contributed by atoms with E-state index in [1.165, 1.54) is 0 Å². The number of unbranched alkanes of at least 4 members (excludes halogenated alkanes) is 1. The highest BCUT2D eigenvalue weighted by atomic mass is 16.6. The van der Waals surface area contributed by atoms with Gasteiger partial charge in [0, 0.05) is 81.1 Å². The van der Waals surface area contributed by atoms with E-state index >= 15 is 0 Å². The van der Waals surface area contributed by atoms with Crippen LogP contribution in [-0.4, -0.2) is 231 Å². The molecule has 0 unspecified atom stereocenters. The van der Waals surface area contributed by atoms with Gasteiger partial charge in [-0.1, -0.05) is 59.7 Å². The van der Waals surface area contributed by atoms with E-state index in [9.17, 15) is 72.5 Å². The Bertz CT molecular complexity index is 3360. The molecule has 0 spiro atoms. The number of aromatic nitrogens is 1. The topological polar surface area (TPSA) is 599 Å². The van der Waals surface area contributed by atoms with Crippen LogP contribution in [0.5, 0.6) is 0 Å². The Kier molecular flexibility index (Phi) is 42.0. The van der Waals surface area contributed by atoms with Gasteiger partial charge in [0.15, 0.2) is 23.5 Å². The van der Waals surface area contributed by atoms with Crippen LogP contribution in [0.4, 0.5) is 0 Å². The summed E-state index contributed by atoms with van der Waals surface area (Å²) in [6.07, 6.45) is -0.206. The first-order valence-electron chi connectivity index (χ1n) is 36.5. The van der Waals surface area contributed by atoms with Crippen LogP contribution in [0.2, 0.25) is 0 Å². The van der Waals surface area contributed by atoms with Crippen LogP contribution in [-0.2, 0) is 87.7 Å². The number of allylic oxidation sites excluding steroid dienone is 2.